The Morgan fingerprint density at radius 3 is 2.33 bits per heavy atom. The summed E-state index contributed by atoms with van der Waals surface area (Å²) in [5.41, 5.74) is 1.98. The standard InChI is InChI=1S/C26H36FN3O3/c27-21-5-6-23(24(15-21)28-11-7-18(8-12-28)26(32)33)19-9-14-30(16-19)25(31)20-10-13-29(17-20)22-3-1-2-4-22/h5-6,15,18-20,22H,1-4,7-14,16-17H2,(H,32,33). The fraction of sp³-hybridized carbons (Fsp3) is 0.692. The molecule has 5 rings (SSSR count). The number of rotatable bonds is 5. The number of carboxylic acids is 1. The van der Waals surface area contributed by atoms with Crippen LogP contribution in [0.5, 0.6) is 0 Å². The van der Waals surface area contributed by atoms with Crippen LogP contribution < -0.4 is 4.90 Å². The number of likely N-dealkylation sites (tertiary alicyclic amines) is 2. The zero-order chi connectivity index (χ0) is 22.9. The minimum atomic E-state index is -0.738. The highest BCUT2D eigenvalue weighted by Gasteiger charge is 2.38. The van der Waals surface area contributed by atoms with Gasteiger partial charge in [0.25, 0.3) is 0 Å². The summed E-state index contributed by atoms with van der Waals surface area (Å²) in [5, 5.41) is 9.30. The van der Waals surface area contributed by atoms with Crippen molar-refractivity contribution in [3.63, 3.8) is 0 Å². The van der Waals surface area contributed by atoms with Crippen LogP contribution >= 0.6 is 0 Å². The van der Waals surface area contributed by atoms with Crippen molar-refractivity contribution in [2.45, 2.75) is 63.3 Å². The summed E-state index contributed by atoms with van der Waals surface area (Å²) >= 11 is 0. The molecule has 3 heterocycles. The molecular formula is C26H36FN3O3. The first-order chi connectivity index (χ1) is 16.0. The smallest absolute Gasteiger partial charge is 0.306 e. The molecule has 33 heavy (non-hydrogen) atoms. The Morgan fingerprint density at radius 2 is 1.61 bits per heavy atom. The molecule has 0 spiro atoms. The first-order valence-corrected chi connectivity index (χ1v) is 12.8. The Morgan fingerprint density at radius 1 is 0.879 bits per heavy atom. The summed E-state index contributed by atoms with van der Waals surface area (Å²) in [6.07, 6.45) is 8.24. The molecule has 7 heteroatoms. The molecular weight excluding hydrogens is 421 g/mol. The number of benzene rings is 1. The number of piperidine rings is 1. The van der Waals surface area contributed by atoms with Crippen molar-refractivity contribution in [3.8, 4) is 0 Å². The van der Waals surface area contributed by atoms with Gasteiger partial charge < -0.3 is 14.9 Å². The van der Waals surface area contributed by atoms with Crippen LogP contribution in [0.3, 0.4) is 0 Å². The Kier molecular flexibility index (Phi) is 6.59. The molecule has 0 radical (unpaired) electrons. The Balaban J connectivity index is 1.23. The van der Waals surface area contributed by atoms with E-state index < -0.39 is 5.97 Å². The summed E-state index contributed by atoms with van der Waals surface area (Å²) < 4.78 is 14.2. The minimum Gasteiger partial charge on any atom is -0.481 e. The van der Waals surface area contributed by atoms with E-state index in [1.54, 1.807) is 6.07 Å². The molecule has 0 aromatic heterocycles. The lowest BCUT2D eigenvalue weighted by Crippen LogP contribution is -2.38. The van der Waals surface area contributed by atoms with Crippen LogP contribution in [0.1, 0.15) is 62.8 Å². The Bertz CT molecular complexity index is 880. The SMILES string of the molecule is O=C(O)C1CCN(c2cc(F)ccc2C2CCN(C(=O)C3CCN(C4CCCC4)C3)C2)CC1. The van der Waals surface area contributed by atoms with E-state index >= 15 is 0 Å². The van der Waals surface area contributed by atoms with Crippen LogP contribution in [0.15, 0.2) is 18.2 Å². The molecule has 1 saturated carbocycles. The maximum absolute atomic E-state index is 14.2. The molecule has 3 saturated heterocycles. The van der Waals surface area contributed by atoms with Gasteiger partial charge in [-0.05, 0) is 62.8 Å². The third-order valence-electron chi connectivity index (χ3n) is 8.53. The van der Waals surface area contributed by atoms with Crippen molar-refractivity contribution < 1.29 is 19.1 Å². The van der Waals surface area contributed by atoms with Gasteiger partial charge >= 0.3 is 5.97 Å². The molecule has 4 fully saturated rings. The molecule has 180 valence electrons. The number of hydrogen-bond acceptors (Lipinski definition) is 4. The summed E-state index contributed by atoms with van der Waals surface area (Å²) in [7, 11) is 0. The average Bonchev–Trinajstić information content (AvgIpc) is 3.60. The number of carbonyl (C=O) groups is 2. The molecule has 3 aliphatic heterocycles. The van der Waals surface area contributed by atoms with Gasteiger partial charge in [-0.3, -0.25) is 14.5 Å². The highest BCUT2D eigenvalue weighted by molar-refractivity contribution is 5.80. The third kappa shape index (κ3) is 4.75. The zero-order valence-corrected chi connectivity index (χ0v) is 19.4. The Labute approximate surface area is 195 Å². The molecule has 4 aliphatic rings. The van der Waals surface area contributed by atoms with Gasteiger partial charge in [0.2, 0.25) is 5.91 Å². The van der Waals surface area contributed by atoms with Crippen LogP contribution in [0.2, 0.25) is 0 Å². The average molecular weight is 458 g/mol. The minimum absolute atomic E-state index is 0.118. The van der Waals surface area contributed by atoms with Crippen molar-refractivity contribution in [2.75, 3.05) is 44.2 Å². The van der Waals surface area contributed by atoms with E-state index in [0.29, 0.717) is 44.4 Å². The van der Waals surface area contributed by atoms with E-state index in [0.717, 1.165) is 43.7 Å². The van der Waals surface area contributed by atoms with Crippen LogP contribution in [-0.2, 0) is 9.59 Å². The maximum atomic E-state index is 14.2. The molecule has 0 bridgehead atoms. The Hall–Kier alpha value is -2.15. The second-order valence-electron chi connectivity index (χ2n) is 10.5. The molecule has 1 aromatic carbocycles. The van der Waals surface area contributed by atoms with E-state index in [9.17, 15) is 19.1 Å². The predicted octanol–water partition coefficient (Wildman–Crippen LogP) is 3.71. The normalized spacial score (nSPS) is 27.5. The van der Waals surface area contributed by atoms with Crippen LogP contribution in [0.25, 0.3) is 0 Å². The molecule has 1 amide bonds. The van der Waals surface area contributed by atoms with Crippen molar-refractivity contribution in [1.82, 2.24) is 9.80 Å². The van der Waals surface area contributed by atoms with Crippen LogP contribution in [-0.4, -0.2) is 72.1 Å². The van der Waals surface area contributed by atoms with Gasteiger partial charge in [0.1, 0.15) is 5.82 Å². The quantitative estimate of drug-likeness (QED) is 0.730. The lowest BCUT2D eigenvalue weighted by atomic mass is 9.92. The number of halogens is 1. The number of amides is 1. The van der Waals surface area contributed by atoms with Gasteiger partial charge in [-0.15, -0.1) is 0 Å². The third-order valence-corrected chi connectivity index (χ3v) is 8.53. The topological polar surface area (TPSA) is 64.1 Å². The number of hydrogen-bond donors (Lipinski definition) is 1. The molecule has 6 nitrogen and oxygen atoms in total. The van der Waals surface area contributed by atoms with E-state index in [4.69, 9.17) is 0 Å². The van der Waals surface area contributed by atoms with Crippen molar-refractivity contribution in [2.24, 2.45) is 11.8 Å². The fourth-order valence-corrected chi connectivity index (χ4v) is 6.57. The fourth-order valence-electron chi connectivity index (χ4n) is 6.57. The lowest BCUT2D eigenvalue weighted by molar-refractivity contribution is -0.142. The molecule has 2 unspecified atom stereocenters. The second kappa shape index (κ2) is 9.61. The number of nitrogens with zero attached hydrogens (tertiary/aromatic N) is 3. The number of carboxylic acid groups (broad SMARTS) is 1. The van der Waals surface area contributed by atoms with Crippen molar-refractivity contribution in [3.05, 3.63) is 29.6 Å². The second-order valence-corrected chi connectivity index (χ2v) is 10.5. The number of anilines is 1. The summed E-state index contributed by atoms with van der Waals surface area (Å²) in [6, 6.07) is 5.67. The monoisotopic (exact) mass is 457 g/mol. The number of carbonyl (C=O) groups excluding carboxylic acids is 1. The van der Waals surface area contributed by atoms with Crippen LogP contribution in [0, 0.1) is 17.7 Å². The van der Waals surface area contributed by atoms with E-state index in [-0.39, 0.29) is 23.6 Å². The molecule has 2 atom stereocenters. The van der Waals surface area contributed by atoms with Gasteiger partial charge in [0.05, 0.1) is 11.8 Å². The summed E-state index contributed by atoms with van der Waals surface area (Å²) in [5.74, 6) is -0.700. The summed E-state index contributed by atoms with van der Waals surface area (Å²) in [4.78, 5) is 31.3. The first-order valence-electron chi connectivity index (χ1n) is 12.8. The van der Waals surface area contributed by atoms with Crippen LogP contribution in [0.4, 0.5) is 10.1 Å². The highest BCUT2D eigenvalue weighted by Crippen LogP contribution is 2.37. The highest BCUT2D eigenvalue weighted by atomic mass is 19.1. The van der Waals surface area contributed by atoms with E-state index in [1.165, 1.54) is 31.7 Å². The van der Waals surface area contributed by atoms with Gasteiger partial charge in [-0.2, -0.15) is 0 Å². The van der Waals surface area contributed by atoms with Crippen molar-refractivity contribution >= 4 is 17.6 Å². The molecule has 1 aromatic rings. The van der Waals surface area contributed by atoms with E-state index in [1.807, 2.05) is 11.0 Å². The van der Waals surface area contributed by atoms with Gasteiger partial charge in [-0.25, -0.2) is 4.39 Å². The van der Waals surface area contributed by atoms with Gasteiger partial charge in [0.15, 0.2) is 0 Å². The predicted molar refractivity (Wildman–Crippen MR) is 125 cm³/mol. The number of aliphatic carboxylic acids is 1. The summed E-state index contributed by atoms with van der Waals surface area (Å²) in [6.45, 7) is 4.67. The molecule has 1 aliphatic carbocycles. The largest absolute Gasteiger partial charge is 0.481 e. The zero-order valence-electron chi connectivity index (χ0n) is 19.4. The molecule has 1 N–H and O–H groups in total. The van der Waals surface area contributed by atoms with E-state index in [2.05, 4.69) is 9.80 Å². The van der Waals surface area contributed by atoms with Crippen molar-refractivity contribution in [1.29, 1.82) is 0 Å². The van der Waals surface area contributed by atoms with Gasteiger partial charge in [-0.1, -0.05) is 18.9 Å². The first kappa shape index (κ1) is 22.6. The van der Waals surface area contributed by atoms with Gasteiger partial charge in [0, 0.05) is 50.4 Å². The maximum Gasteiger partial charge on any atom is 0.306 e. The lowest BCUT2D eigenvalue weighted by Gasteiger charge is -2.34.